The summed E-state index contributed by atoms with van der Waals surface area (Å²) in [6.07, 6.45) is 0. The van der Waals surface area contributed by atoms with Gasteiger partial charge in [-0.3, -0.25) is 0 Å². The van der Waals surface area contributed by atoms with Gasteiger partial charge in [-0.15, -0.1) is 10.0 Å². The zero-order valence-corrected chi connectivity index (χ0v) is 35.7. The number of para-hydroxylation sites is 5. The quantitative estimate of drug-likeness (QED) is 0.152. The monoisotopic (exact) mass is 835 g/mol. The highest BCUT2D eigenvalue weighted by Crippen LogP contribution is 2.73. The van der Waals surface area contributed by atoms with Crippen LogP contribution in [0, 0.1) is 0 Å². The van der Waals surface area contributed by atoms with E-state index in [9.17, 15) is 0 Å². The molecule has 13 aromatic rings. The van der Waals surface area contributed by atoms with Crippen molar-refractivity contribution in [3.8, 4) is 17.1 Å². The van der Waals surface area contributed by atoms with E-state index < -0.39 is 10.0 Å². The fourth-order valence-electron chi connectivity index (χ4n) is 10.5. The standard InChI is InChI=1S/C60H41N3S/c1-4-19-42(20-5-1)61-57-34-17-13-30-53(57)59-58(61)40-39-52-51-29-12-16-33-56(51)63(60(52)59)43-35-37-47(38-36-43)64(45-22-6-2-7-23-45,46-24-8-3-9-25-46)48-26-18-21-44(41-48)62-54-31-14-10-27-49(54)50-28-11-15-32-55(50)62/h1-41H. The molecule has 10 aromatic carbocycles. The van der Waals surface area contributed by atoms with Crippen LogP contribution in [-0.2, 0) is 0 Å². The van der Waals surface area contributed by atoms with Gasteiger partial charge < -0.3 is 13.7 Å². The topological polar surface area (TPSA) is 14.8 Å². The first-order valence-corrected chi connectivity index (χ1v) is 23.6. The summed E-state index contributed by atoms with van der Waals surface area (Å²) in [7, 11) is -2.02. The van der Waals surface area contributed by atoms with Crippen LogP contribution >= 0.6 is 10.0 Å². The Morgan fingerprint density at radius 3 is 1.23 bits per heavy atom. The summed E-state index contributed by atoms with van der Waals surface area (Å²) in [6, 6.07) is 91.9. The molecule has 0 atom stereocenters. The number of nitrogens with zero attached hydrogens (tertiary/aromatic N) is 3. The summed E-state index contributed by atoms with van der Waals surface area (Å²) in [6.45, 7) is 0. The number of rotatable bonds is 7. The average Bonchev–Trinajstić information content (AvgIpc) is 4.01. The van der Waals surface area contributed by atoms with Crippen LogP contribution in [0.4, 0.5) is 0 Å². The fraction of sp³-hybridized carbons (Fsp3) is 0. The summed E-state index contributed by atoms with van der Waals surface area (Å²) in [5.41, 5.74) is 10.7. The Hall–Kier alpha value is -8.05. The lowest BCUT2D eigenvalue weighted by molar-refractivity contribution is 1.14. The second-order valence-corrected chi connectivity index (χ2v) is 19.6. The molecule has 64 heavy (non-hydrogen) atoms. The highest BCUT2D eigenvalue weighted by molar-refractivity contribution is 8.34. The number of hydrogen-bond donors (Lipinski definition) is 0. The molecule has 0 bridgehead atoms. The maximum Gasteiger partial charge on any atom is 0.0641 e. The molecule has 0 spiro atoms. The molecule has 13 rings (SSSR count). The first kappa shape index (κ1) is 36.6. The Bertz CT molecular complexity index is 3790. The molecule has 0 aliphatic carbocycles. The van der Waals surface area contributed by atoms with Crippen molar-refractivity contribution in [3.05, 3.63) is 249 Å². The lowest BCUT2D eigenvalue weighted by Crippen LogP contribution is -2.06. The van der Waals surface area contributed by atoms with Gasteiger partial charge in [0.15, 0.2) is 0 Å². The van der Waals surface area contributed by atoms with E-state index in [1.165, 1.54) is 85.0 Å². The third-order valence-electron chi connectivity index (χ3n) is 13.1. The van der Waals surface area contributed by atoms with E-state index in [1.54, 1.807) is 0 Å². The lowest BCUT2D eigenvalue weighted by atomic mass is 10.1. The number of benzene rings is 10. The molecular weight excluding hydrogens is 795 g/mol. The van der Waals surface area contributed by atoms with E-state index >= 15 is 0 Å². The summed E-state index contributed by atoms with van der Waals surface area (Å²) in [5.74, 6) is 0. The molecule has 0 radical (unpaired) electrons. The van der Waals surface area contributed by atoms with Crippen LogP contribution in [0.2, 0.25) is 0 Å². The molecule has 4 heteroatoms. The Morgan fingerprint density at radius 2 is 0.641 bits per heavy atom. The molecule has 302 valence electrons. The van der Waals surface area contributed by atoms with Gasteiger partial charge in [0.1, 0.15) is 0 Å². The smallest absolute Gasteiger partial charge is 0.0641 e. The molecule has 0 saturated heterocycles. The van der Waals surface area contributed by atoms with Crippen LogP contribution in [0.1, 0.15) is 0 Å². The zero-order valence-electron chi connectivity index (χ0n) is 34.9. The molecule has 0 N–H and O–H groups in total. The van der Waals surface area contributed by atoms with Gasteiger partial charge in [-0.05, 0) is 109 Å². The van der Waals surface area contributed by atoms with Crippen molar-refractivity contribution in [1.29, 1.82) is 0 Å². The molecule has 3 nitrogen and oxygen atoms in total. The Morgan fingerprint density at radius 1 is 0.234 bits per heavy atom. The van der Waals surface area contributed by atoms with Gasteiger partial charge in [-0.25, -0.2) is 0 Å². The summed E-state index contributed by atoms with van der Waals surface area (Å²) >= 11 is 0. The zero-order chi connectivity index (χ0) is 42.2. The number of fused-ring (bicyclic) bond motifs is 10. The molecule has 0 unspecified atom stereocenters. The highest BCUT2D eigenvalue weighted by Gasteiger charge is 2.34. The molecule has 3 heterocycles. The van der Waals surface area contributed by atoms with E-state index in [4.69, 9.17) is 0 Å². The SMILES string of the molecule is c1ccc(-n2c3ccccc3c3c2ccc2c4ccccc4n(-c4ccc(S(c5ccccc5)(c5ccccc5)c5cccc(-n6c7ccccc7c7ccccc76)c5)cc4)c23)cc1. The van der Waals surface area contributed by atoms with Crippen LogP contribution in [0.5, 0.6) is 0 Å². The lowest BCUT2D eigenvalue weighted by Gasteiger charge is -2.42. The molecule has 0 aliphatic rings. The summed E-state index contributed by atoms with van der Waals surface area (Å²) in [5, 5.41) is 7.51. The molecule has 3 aromatic heterocycles. The van der Waals surface area contributed by atoms with Crippen molar-refractivity contribution in [2.75, 3.05) is 0 Å². The third kappa shape index (κ3) is 5.30. The van der Waals surface area contributed by atoms with Crippen LogP contribution < -0.4 is 0 Å². The summed E-state index contributed by atoms with van der Waals surface area (Å²) in [4.78, 5) is 5.14. The minimum atomic E-state index is -2.02. The second-order valence-electron chi connectivity index (χ2n) is 16.5. The molecule has 0 fully saturated rings. The van der Waals surface area contributed by atoms with Crippen molar-refractivity contribution in [3.63, 3.8) is 0 Å². The average molecular weight is 836 g/mol. The molecule has 0 saturated carbocycles. The van der Waals surface area contributed by atoms with E-state index in [-0.39, 0.29) is 0 Å². The highest BCUT2D eigenvalue weighted by atomic mass is 32.3. The normalized spacial score (nSPS) is 12.3. The number of hydrogen-bond acceptors (Lipinski definition) is 0. The van der Waals surface area contributed by atoms with E-state index in [1.807, 2.05) is 0 Å². The fourth-order valence-corrected chi connectivity index (χ4v) is 14.4. The second kappa shape index (κ2) is 14.5. The summed E-state index contributed by atoms with van der Waals surface area (Å²) < 4.78 is 7.36. The van der Waals surface area contributed by atoms with Gasteiger partial charge in [0, 0.05) is 69.0 Å². The van der Waals surface area contributed by atoms with Crippen LogP contribution in [0.3, 0.4) is 0 Å². The third-order valence-corrected chi connectivity index (χ3v) is 17.0. The minimum absolute atomic E-state index is 1.13. The van der Waals surface area contributed by atoms with Crippen molar-refractivity contribution in [1.82, 2.24) is 13.7 Å². The van der Waals surface area contributed by atoms with Gasteiger partial charge in [0.25, 0.3) is 0 Å². The number of aromatic nitrogens is 3. The molecular formula is C60H41N3S. The predicted octanol–water partition coefficient (Wildman–Crippen LogP) is 16.3. The first-order valence-electron chi connectivity index (χ1n) is 21.9. The van der Waals surface area contributed by atoms with Crippen LogP contribution in [0.25, 0.3) is 82.5 Å². The van der Waals surface area contributed by atoms with E-state index in [0.29, 0.717) is 0 Å². The first-order chi connectivity index (χ1) is 31.8. The van der Waals surface area contributed by atoms with E-state index in [0.717, 1.165) is 17.1 Å². The Labute approximate surface area is 372 Å². The van der Waals surface area contributed by atoms with Gasteiger partial charge in [-0.1, -0.05) is 140 Å². The predicted molar refractivity (Wildman–Crippen MR) is 269 cm³/mol. The van der Waals surface area contributed by atoms with Gasteiger partial charge in [0.2, 0.25) is 0 Å². The van der Waals surface area contributed by atoms with Gasteiger partial charge >= 0.3 is 0 Å². The van der Waals surface area contributed by atoms with E-state index in [2.05, 4.69) is 262 Å². The van der Waals surface area contributed by atoms with Crippen LogP contribution in [-0.4, -0.2) is 13.7 Å². The maximum atomic E-state index is 2.50. The Balaban J connectivity index is 1.07. The maximum absolute atomic E-state index is 2.50. The van der Waals surface area contributed by atoms with Crippen molar-refractivity contribution < 1.29 is 0 Å². The molecule has 0 amide bonds. The van der Waals surface area contributed by atoms with Gasteiger partial charge in [0.05, 0.1) is 33.1 Å². The molecule has 0 aliphatic heterocycles. The van der Waals surface area contributed by atoms with Crippen molar-refractivity contribution in [2.24, 2.45) is 0 Å². The van der Waals surface area contributed by atoms with Crippen molar-refractivity contribution >= 4 is 75.4 Å². The van der Waals surface area contributed by atoms with Crippen LogP contribution in [0.15, 0.2) is 268 Å². The Kier molecular flexibility index (Phi) is 8.30. The van der Waals surface area contributed by atoms with Gasteiger partial charge in [-0.2, -0.15) is 0 Å². The minimum Gasteiger partial charge on any atom is -0.309 e. The largest absolute Gasteiger partial charge is 0.309 e. The van der Waals surface area contributed by atoms with Crippen molar-refractivity contribution in [2.45, 2.75) is 19.6 Å².